The lowest BCUT2D eigenvalue weighted by Gasteiger charge is -2.13. The van der Waals surface area contributed by atoms with Crippen molar-refractivity contribution in [3.63, 3.8) is 0 Å². The average Bonchev–Trinajstić information content (AvgIpc) is 2.90. The molecule has 0 fully saturated rings. The topological polar surface area (TPSA) is 108 Å². The van der Waals surface area contributed by atoms with Crippen molar-refractivity contribution in [3.05, 3.63) is 96.6 Å². The highest BCUT2D eigenvalue weighted by Gasteiger charge is 2.49. The van der Waals surface area contributed by atoms with Gasteiger partial charge in [0.25, 0.3) is 0 Å². The first kappa shape index (κ1) is 28.1. The molecule has 0 bridgehead atoms. The zero-order valence-corrected chi connectivity index (χ0v) is 20.4. The number of carbonyl (C=O) groups is 2. The Kier molecular flexibility index (Phi) is 8.68. The lowest BCUT2D eigenvalue weighted by atomic mass is 9.95. The molecule has 0 spiro atoms. The van der Waals surface area contributed by atoms with Gasteiger partial charge >= 0.3 is 21.6 Å². The Bertz CT molecular complexity index is 1510. The van der Waals surface area contributed by atoms with Crippen molar-refractivity contribution in [2.24, 2.45) is 5.16 Å². The molecule has 0 heterocycles. The number of rotatable bonds is 11. The minimum atomic E-state index is -6.12. The van der Waals surface area contributed by atoms with E-state index < -0.39 is 33.1 Å². The first-order chi connectivity index (χ1) is 18.0. The maximum absolute atomic E-state index is 13.5. The number of benzene rings is 3. The third-order valence-electron chi connectivity index (χ3n) is 5.03. The molecule has 0 N–H and O–H groups in total. The second kappa shape index (κ2) is 11.7. The molecule has 38 heavy (non-hydrogen) atoms. The van der Waals surface area contributed by atoms with E-state index in [1.54, 1.807) is 24.3 Å². The van der Waals surface area contributed by atoms with Crippen molar-refractivity contribution < 1.29 is 44.9 Å². The van der Waals surface area contributed by atoms with Gasteiger partial charge in [-0.2, -0.15) is 21.6 Å². The molecule has 0 aromatic heterocycles. The van der Waals surface area contributed by atoms with Crippen LogP contribution in [-0.2, 0) is 23.9 Å². The number of halogens is 3. The van der Waals surface area contributed by atoms with Gasteiger partial charge in [0.2, 0.25) is 5.78 Å². The van der Waals surface area contributed by atoms with Crippen LogP contribution in [0.1, 0.15) is 21.5 Å². The van der Waals surface area contributed by atoms with Gasteiger partial charge in [-0.1, -0.05) is 72.9 Å². The first-order valence-electron chi connectivity index (χ1n) is 10.8. The van der Waals surface area contributed by atoms with Gasteiger partial charge in [-0.25, -0.2) is 4.79 Å². The van der Waals surface area contributed by atoms with Gasteiger partial charge in [0.15, 0.2) is 5.71 Å². The lowest BCUT2D eigenvalue weighted by molar-refractivity contribution is -0.138. The Balaban J connectivity index is 2.03. The fraction of sp³-hybridized carbons (Fsp3) is 0.115. The van der Waals surface area contributed by atoms with Gasteiger partial charge in [-0.15, -0.1) is 0 Å². The van der Waals surface area contributed by atoms with E-state index in [1.165, 1.54) is 42.5 Å². The molecule has 0 saturated carbocycles. The number of hydrogen-bond acceptors (Lipinski definition) is 8. The third kappa shape index (κ3) is 6.45. The largest absolute Gasteiger partial charge is 0.536 e. The number of esters is 1. The number of ketones is 1. The molecule has 0 aliphatic rings. The van der Waals surface area contributed by atoms with Gasteiger partial charge in [-0.3, -0.25) is 9.08 Å². The SMILES string of the molecule is C=CC(=O)OCCOc1ccc(C(=O)/C(=N/OS(=O)(=O)C(F)(F)F)c2ccc(C=C)cc2)c2ccccc12. The van der Waals surface area contributed by atoms with Crippen LogP contribution < -0.4 is 4.74 Å². The molecule has 0 atom stereocenters. The summed E-state index contributed by atoms with van der Waals surface area (Å²) in [5, 5.41) is 3.92. The second-order valence-corrected chi connectivity index (χ2v) is 8.97. The number of ether oxygens (including phenoxy) is 2. The summed E-state index contributed by atoms with van der Waals surface area (Å²) < 4.78 is 75.8. The lowest BCUT2D eigenvalue weighted by Crippen LogP contribution is -2.25. The monoisotopic (exact) mass is 547 g/mol. The number of Topliss-reactive ketones (excluding diaryl/α,β-unsaturated/α-hetero) is 1. The van der Waals surface area contributed by atoms with E-state index in [2.05, 4.69) is 22.6 Å². The standard InChI is InChI=1S/C26H20F3NO7S/c1-3-17-9-11-18(12-10-17)24(30-37-38(33,34)26(27,28)29)25(32)21-13-14-22(20-8-6-5-7-19(20)21)35-15-16-36-23(31)4-2/h3-14H,1-2,15-16H2/b30-24+. The molecule has 0 aliphatic carbocycles. The van der Waals surface area contributed by atoms with Gasteiger partial charge in [0.05, 0.1) is 0 Å². The van der Waals surface area contributed by atoms with Crippen LogP contribution in [0.25, 0.3) is 16.8 Å². The van der Waals surface area contributed by atoms with Crippen LogP contribution in [0.3, 0.4) is 0 Å². The summed E-state index contributed by atoms with van der Waals surface area (Å²) in [5.74, 6) is -1.20. The van der Waals surface area contributed by atoms with Gasteiger partial charge in [0.1, 0.15) is 19.0 Å². The molecule has 3 rings (SSSR count). The number of nitrogens with zero attached hydrogens (tertiary/aromatic N) is 1. The highest BCUT2D eigenvalue weighted by molar-refractivity contribution is 7.87. The Hall–Kier alpha value is -4.45. The molecule has 3 aromatic rings. The highest BCUT2D eigenvalue weighted by Crippen LogP contribution is 2.30. The fourth-order valence-electron chi connectivity index (χ4n) is 3.21. The normalized spacial score (nSPS) is 12.0. The van der Waals surface area contributed by atoms with Crippen molar-refractivity contribution >= 4 is 44.4 Å². The average molecular weight is 548 g/mol. The van der Waals surface area contributed by atoms with Crippen LogP contribution >= 0.6 is 0 Å². The molecule has 0 aliphatic heterocycles. The Morgan fingerprint density at radius 2 is 1.58 bits per heavy atom. The summed E-state index contributed by atoms with van der Waals surface area (Å²) in [4.78, 5) is 24.7. The maximum atomic E-state index is 13.5. The van der Waals surface area contributed by atoms with Crippen molar-refractivity contribution in [1.29, 1.82) is 0 Å². The van der Waals surface area contributed by atoms with Crippen molar-refractivity contribution in [2.75, 3.05) is 13.2 Å². The third-order valence-corrected chi connectivity index (χ3v) is 5.86. The van der Waals surface area contributed by atoms with Crippen molar-refractivity contribution in [3.8, 4) is 5.75 Å². The summed E-state index contributed by atoms with van der Waals surface area (Å²) in [6.07, 6.45) is 2.50. The predicted octanol–water partition coefficient (Wildman–Crippen LogP) is 5.04. The summed E-state index contributed by atoms with van der Waals surface area (Å²) in [6, 6.07) is 15.0. The number of hydrogen-bond donors (Lipinski definition) is 0. The van der Waals surface area contributed by atoms with Crippen LogP contribution in [0.15, 0.2) is 85.1 Å². The summed E-state index contributed by atoms with van der Waals surface area (Å²) in [6.45, 7) is 6.81. The summed E-state index contributed by atoms with van der Waals surface area (Å²) in [5.41, 5.74) is -5.79. The fourth-order valence-corrected chi connectivity index (χ4v) is 3.46. The van der Waals surface area contributed by atoms with E-state index >= 15 is 0 Å². The number of carbonyl (C=O) groups excluding carboxylic acids is 2. The minimum Gasteiger partial charge on any atom is -0.489 e. The van der Waals surface area contributed by atoms with E-state index in [0.717, 1.165) is 6.08 Å². The van der Waals surface area contributed by atoms with E-state index in [0.29, 0.717) is 22.1 Å². The van der Waals surface area contributed by atoms with Crippen molar-refractivity contribution in [2.45, 2.75) is 5.51 Å². The van der Waals surface area contributed by atoms with E-state index in [9.17, 15) is 31.2 Å². The number of alkyl halides is 3. The Morgan fingerprint density at radius 3 is 2.18 bits per heavy atom. The Labute approximate surface area is 215 Å². The molecule has 0 saturated heterocycles. The smallest absolute Gasteiger partial charge is 0.489 e. The Morgan fingerprint density at radius 1 is 0.921 bits per heavy atom. The van der Waals surface area contributed by atoms with Gasteiger partial charge in [0, 0.05) is 22.6 Å². The molecular weight excluding hydrogens is 527 g/mol. The van der Waals surface area contributed by atoms with Gasteiger partial charge < -0.3 is 9.47 Å². The van der Waals surface area contributed by atoms with Crippen LogP contribution in [0.4, 0.5) is 13.2 Å². The van der Waals surface area contributed by atoms with Gasteiger partial charge in [-0.05, 0) is 23.1 Å². The van der Waals surface area contributed by atoms with E-state index in [-0.39, 0.29) is 24.3 Å². The van der Waals surface area contributed by atoms with Crippen LogP contribution in [0, 0.1) is 0 Å². The molecule has 0 radical (unpaired) electrons. The predicted molar refractivity (Wildman–Crippen MR) is 134 cm³/mol. The van der Waals surface area contributed by atoms with E-state index in [4.69, 9.17) is 9.47 Å². The zero-order chi connectivity index (χ0) is 27.9. The molecular formula is C26H20F3NO7S. The minimum absolute atomic E-state index is 0.00594. The quantitative estimate of drug-likeness (QED) is 0.0629. The van der Waals surface area contributed by atoms with E-state index in [1.807, 2.05) is 0 Å². The zero-order valence-electron chi connectivity index (χ0n) is 19.6. The van der Waals surface area contributed by atoms with Crippen LogP contribution in [-0.4, -0.2) is 44.6 Å². The molecule has 0 unspecified atom stereocenters. The summed E-state index contributed by atoms with van der Waals surface area (Å²) >= 11 is 0. The number of oxime groups is 1. The van der Waals surface area contributed by atoms with Crippen LogP contribution in [0.2, 0.25) is 0 Å². The molecule has 12 heteroatoms. The summed E-state index contributed by atoms with van der Waals surface area (Å²) in [7, 11) is -6.12. The molecule has 0 amide bonds. The van der Waals surface area contributed by atoms with Crippen molar-refractivity contribution in [1.82, 2.24) is 0 Å². The molecule has 3 aromatic carbocycles. The maximum Gasteiger partial charge on any atom is 0.536 e. The second-order valence-electron chi connectivity index (χ2n) is 7.45. The first-order valence-corrected chi connectivity index (χ1v) is 12.2. The highest BCUT2D eigenvalue weighted by atomic mass is 32.2. The molecule has 198 valence electrons. The van der Waals surface area contributed by atoms with Crippen LogP contribution in [0.5, 0.6) is 5.75 Å². The molecule has 8 nitrogen and oxygen atoms in total. The number of fused-ring (bicyclic) bond motifs is 1.